The minimum Gasteiger partial charge on any atom is -0.490 e. The molecule has 0 aliphatic carbocycles. The molecule has 1 aromatic heterocycles. The number of thiophene rings is 1. The third-order valence-electron chi connectivity index (χ3n) is 5.84. The monoisotopic (exact) mass is 451 g/mol. The summed E-state index contributed by atoms with van der Waals surface area (Å²) in [7, 11) is 2.18. The van der Waals surface area contributed by atoms with Crippen molar-refractivity contribution in [3.8, 4) is 16.2 Å². The Labute approximate surface area is 192 Å². The quantitative estimate of drug-likeness (QED) is 0.576. The van der Waals surface area contributed by atoms with Gasteiger partial charge in [-0.2, -0.15) is 0 Å². The molecule has 0 spiro atoms. The van der Waals surface area contributed by atoms with Gasteiger partial charge in [0.05, 0.1) is 9.89 Å². The third-order valence-corrected chi connectivity index (χ3v) is 7.20. The topological polar surface area (TPSA) is 28.1 Å². The molecule has 2 aromatic carbocycles. The number of halogens is 1. The van der Waals surface area contributed by atoms with Gasteiger partial charge in [0.2, 0.25) is 0 Å². The lowest BCUT2D eigenvalue weighted by Crippen LogP contribution is -2.35. The van der Waals surface area contributed by atoms with Crippen LogP contribution in [0, 0.1) is 0 Å². The molecule has 0 atom stereocenters. The fraction of sp³-hybridized carbons (Fsp3) is 0.320. The van der Waals surface area contributed by atoms with Crippen LogP contribution in [0.15, 0.2) is 59.6 Å². The van der Waals surface area contributed by atoms with Gasteiger partial charge in [0.1, 0.15) is 18.5 Å². The number of likely N-dealkylation sites (tertiary alicyclic amines) is 1. The van der Waals surface area contributed by atoms with Crippen LogP contribution in [0.1, 0.15) is 18.4 Å². The lowest BCUT2D eigenvalue weighted by atomic mass is 10.1. The Balaban J connectivity index is 1.28. The molecule has 0 amide bonds. The van der Waals surface area contributed by atoms with Crippen LogP contribution in [0.25, 0.3) is 16.6 Å². The summed E-state index contributed by atoms with van der Waals surface area (Å²) in [5.41, 5.74) is 2.42. The van der Waals surface area contributed by atoms with E-state index in [1.807, 2.05) is 12.1 Å². The van der Waals surface area contributed by atoms with Crippen molar-refractivity contribution < 1.29 is 4.74 Å². The molecule has 3 heterocycles. The molecule has 2 aliphatic rings. The first-order valence-electron chi connectivity index (χ1n) is 10.7. The molecule has 2 aliphatic heterocycles. The Morgan fingerprint density at radius 2 is 1.90 bits per heavy atom. The highest BCUT2D eigenvalue weighted by molar-refractivity contribution is 7.13. The summed E-state index contributed by atoms with van der Waals surface area (Å²) in [5.74, 6) is 0.975. The van der Waals surface area contributed by atoms with E-state index in [0.29, 0.717) is 12.8 Å². The molecule has 0 N–H and O–H groups in total. The fourth-order valence-corrected chi connectivity index (χ4v) is 5.30. The average Bonchev–Trinajstić information content (AvgIpc) is 3.20. The molecule has 0 bridgehead atoms. The standard InChI is InChI=1S/C25H26ClN3OS/c1-28-11-9-21(10-12-28)30-22-4-2-3-18(13-22)15-29-16-25-23(27-17-29)14-24(31-25)19-5-7-20(26)8-6-19/h2-8,13-14,16,21H,9-12,15,17H2,1H3. The average molecular weight is 452 g/mol. The SMILES string of the molecule is CN1CCC(Oc2cccc(CN3C=c4sc(-c5ccc(Cl)cc5)cc4=NC3)c2)CC1. The number of piperidine rings is 1. The summed E-state index contributed by atoms with van der Waals surface area (Å²) in [6, 6.07) is 18.7. The summed E-state index contributed by atoms with van der Waals surface area (Å²) in [6.07, 6.45) is 4.74. The molecule has 1 saturated heterocycles. The zero-order valence-electron chi connectivity index (χ0n) is 17.6. The van der Waals surface area contributed by atoms with Crippen LogP contribution >= 0.6 is 22.9 Å². The summed E-state index contributed by atoms with van der Waals surface area (Å²) >= 11 is 7.80. The van der Waals surface area contributed by atoms with E-state index >= 15 is 0 Å². The zero-order chi connectivity index (χ0) is 21.2. The highest BCUT2D eigenvalue weighted by Gasteiger charge is 2.18. The van der Waals surface area contributed by atoms with Gasteiger partial charge in [-0.05, 0) is 61.3 Å². The van der Waals surface area contributed by atoms with Gasteiger partial charge in [0.15, 0.2) is 0 Å². The van der Waals surface area contributed by atoms with Gasteiger partial charge in [-0.25, -0.2) is 0 Å². The van der Waals surface area contributed by atoms with Gasteiger partial charge in [0.25, 0.3) is 0 Å². The van der Waals surface area contributed by atoms with Crippen LogP contribution in [-0.2, 0) is 6.54 Å². The van der Waals surface area contributed by atoms with Crippen molar-refractivity contribution in [2.24, 2.45) is 4.99 Å². The van der Waals surface area contributed by atoms with Crippen LogP contribution in [-0.4, -0.2) is 42.7 Å². The van der Waals surface area contributed by atoms with E-state index in [1.165, 1.54) is 20.5 Å². The van der Waals surface area contributed by atoms with Gasteiger partial charge in [-0.1, -0.05) is 35.9 Å². The van der Waals surface area contributed by atoms with Crippen LogP contribution in [0.5, 0.6) is 5.75 Å². The molecule has 5 rings (SSSR count). The van der Waals surface area contributed by atoms with Crippen molar-refractivity contribution in [3.63, 3.8) is 0 Å². The summed E-state index contributed by atoms with van der Waals surface area (Å²) in [5, 5.41) is 1.83. The normalized spacial score (nSPS) is 17.0. The van der Waals surface area contributed by atoms with Gasteiger partial charge in [-0.15, -0.1) is 11.3 Å². The molecule has 1 fully saturated rings. The minimum absolute atomic E-state index is 0.322. The molecule has 31 heavy (non-hydrogen) atoms. The van der Waals surface area contributed by atoms with E-state index < -0.39 is 0 Å². The zero-order valence-corrected chi connectivity index (χ0v) is 19.2. The minimum atomic E-state index is 0.322. The van der Waals surface area contributed by atoms with Crippen molar-refractivity contribution in [2.45, 2.75) is 25.5 Å². The van der Waals surface area contributed by atoms with E-state index in [-0.39, 0.29) is 0 Å². The molecule has 0 unspecified atom stereocenters. The van der Waals surface area contributed by atoms with Gasteiger partial charge >= 0.3 is 0 Å². The van der Waals surface area contributed by atoms with Crippen LogP contribution in [0.3, 0.4) is 0 Å². The second-order valence-electron chi connectivity index (χ2n) is 8.31. The lowest BCUT2D eigenvalue weighted by molar-refractivity contribution is 0.114. The maximum absolute atomic E-state index is 6.26. The smallest absolute Gasteiger partial charge is 0.120 e. The second kappa shape index (κ2) is 9.03. The first kappa shape index (κ1) is 20.6. The van der Waals surface area contributed by atoms with E-state index in [2.05, 4.69) is 65.5 Å². The lowest BCUT2D eigenvalue weighted by Gasteiger charge is -2.29. The van der Waals surface area contributed by atoms with Crippen LogP contribution in [0.2, 0.25) is 5.02 Å². The van der Waals surface area contributed by atoms with E-state index in [9.17, 15) is 0 Å². The number of hydrogen-bond donors (Lipinski definition) is 0. The first-order chi connectivity index (χ1) is 15.1. The predicted octanol–water partition coefficient (Wildman–Crippen LogP) is 4.37. The van der Waals surface area contributed by atoms with Crippen molar-refractivity contribution in [1.29, 1.82) is 0 Å². The fourth-order valence-electron chi connectivity index (χ4n) is 4.08. The Kier molecular flexibility index (Phi) is 5.99. The summed E-state index contributed by atoms with van der Waals surface area (Å²) in [6.45, 7) is 3.71. The van der Waals surface area contributed by atoms with Gasteiger partial charge in [-0.3, -0.25) is 4.99 Å². The highest BCUT2D eigenvalue weighted by atomic mass is 35.5. The van der Waals surface area contributed by atoms with Crippen molar-refractivity contribution in [1.82, 2.24) is 9.80 Å². The number of benzene rings is 2. The molecule has 160 valence electrons. The van der Waals surface area contributed by atoms with E-state index in [1.54, 1.807) is 11.3 Å². The molecule has 0 radical (unpaired) electrons. The van der Waals surface area contributed by atoms with Gasteiger partial charge in [0, 0.05) is 35.7 Å². The molecule has 0 saturated carbocycles. The number of rotatable bonds is 5. The third kappa shape index (κ3) is 4.95. The van der Waals surface area contributed by atoms with Crippen LogP contribution in [0.4, 0.5) is 0 Å². The maximum Gasteiger partial charge on any atom is 0.120 e. The Hall–Kier alpha value is -2.34. The van der Waals surface area contributed by atoms with E-state index in [4.69, 9.17) is 21.3 Å². The Bertz CT molecular complexity index is 1170. The number of fused-ring (bicyclic) bond motifs is 1. The highest BCUT2D eigenvalue weighted by Crippen LogP contribution is 2.24. The summed E-state index contributed by atoms with van der Waals surface area (Å²) in [4.78, 5) is 10.6. The Morgan fingerprint density at radius 3 is 2.71 bits per heavy atom. The number of hydrogen-bond acceptors (Lipinski definition) is 5. The molecular formula is C25H26ClN3OS. The molecule has 4 nitrogen and oxygen atoms in total. The van der Waals surface area contributed by atoms with Crippen molar-refractivity contribution in [3.05, 3.63) is 75.1 Å². The second-order valence-corrected chi connectivity index (χ2v) is 9.83. The number of nitrogens with zero attached hydrogens (tertiary/aromatic N) is 3. The molecule has 3 aromatic rings. The predicted molar refractivity (Wildman–Crippen MR) is 128 cm³/mol. The van der Waals surface area contributed by atoms with Crippen LogP contribution < -0.4 is 14.6 Å². The van der Waals surface area contributed by atoms with Crippen molar-refractivity contribution >= 4 is 29.1 Å². The van der Waals surface area contributed by atoms with Crippen molar-refractivity contribution in [2.75, 3.05) is 26.8 Å². The maximum atomic E-state index is 6.26. The number of ether oxygens (including phenoxy) is 1. The molecular weight excluding hydrogens is 426 g/mol. The summed E-state index contributed by atoms with van der Waals surface area (Å²) < 4.78 is 7.47. The van der Waals surface area contributed by atoms with E-state index in [0.717, 1.165) is 48.6 Å². The first-order valence-corrected chi connectivity index (χ1v) is 11.9. The Morgan fingerprint density at radius 1 is 1.10 bits per heavy atom. The molecule has 6 heteroatoms. The van der Waals surface area contributed by atoms with Gasteiger partial charge < -0.3 is 14.5 Å². The largest absolute Gasteiger partial charge is 0.490 e.